The predicted molar refractivity (Wildman–Crippen MR) is 82.8 cm³/mol. The van der Waals surface area contributed by atoms with Crippen LogP contribution in [0.4, 0.5) is 0 Å². The van der Waals surface area contributed by atoms with Gasteiger partial charge in [0.25, 0.3) is 5.91 Å². The van der Waals surface area contributed by atoms with Crippen LogP contribution in [-0.2, 0) is 4.79 Å². The van der Waals surface area contributed by atoms with Crippen molar-refractivity contribution in [3.8, 4) is 5.75 Å². The third kappa shape index (κ3) is 6.09. The minimum absolute atomic E-state index is 0.0381. The fraction of sp³-hybridized carbons (Fsp3) is 0.588. The van der Waals surface area contributed by atoms with Gasteiger partial charge >= 0.3 is 0 Å². The van der Waals surface area contributed by atoms with Gasteiger partial charge in [-0.05, 0) is 31.4 Å². The maximum absolute atomic E-state index is 12.0. The van der Waals surface area contributed by atoms with Gasteiger partial charge in [-0.1, -0.05) is 51.3 Å². The van der Waals surface area contributed by atoms with Crippen LogP contribution in [0.3, 0.4) is 0 Å². The van der Waals surface area contributed by atoms with E-state index in [-0.39, 0.29) is 5.91 Å². The van der Waals surface area contributed by atoms with Crippen molar-refractivity contribution in [2.75, 3.05) is 6.54 Å². The van der Waals surface area contributed by atoms with Crippen molar-refractivity contribution in [1.29, 1.82) is 0 Å². The molecule has 1 amide bonds. The van der Waals surface area contributed by atoms with Crippen molar-refractivity contribution in [3.63, 3.8) is 0 Å². The third-order valence-electron chi connectivity index (χ3n) is 3.53. The smallest absolute Gasteiger partial charge is 0.260 e. The number of carbonyl (C=O) groups excluding carboxylic acids is 1. The normalized spacial score (nSPS) is 13.6. The molecule has 0 aliphatic rings. The number of hydrogen-bond donors (Lipinski definition) is 1. The number of unbranched alkanes of at least 4 members (excludes halogenated alkanes) is 1. The van der Waals surface area contributed by atoms with Crippen molar-refractivity contribution in [2.45, 2.75) is 52.6 Å². The molecule has 0 aromatic heterocycles. The number of carbonyl (C=O) groups is 1. The first-order chi connectivity index (χ1) is 9.67. The summed E-state index contributed by atoms with van der Waals surface area (Å²) in [7, 11) is 0. The highest BCUT2D eigenvalue weighted by Crippen LogP contribution is 2.13. The van der Waals surface area contributed by atoms with Crippen LogP contribution in [0.1, 0.15) is 46.5 Å². The Morgan fingerprint density at radius 2 is 1.95 bits per heavy atom. The lowest BCUT2D eigenvalue weighted by Gasteiger charge is -2.18. The lowest BCUT2D eigenvalue weighted by atomic mass is 9.99. The summed E-state index contributed by atoms with van der Waals surface area (Å²) in [5.74, 6) is 1.26. The van der Waals surface area contributed by atoms with Crippen LogP contribution < -0.4 is 10.1 Å². The summed E-state index contributed by atoms with van der Waals surface area (Å²) >= 11 is 0. The van der Waals surface area contributed by atoms with Crippen LogP contribution in [0.2, 0.25) is 0 Å². The van der Waals surface area contributed by atoms with E-state index in [2.05, 4.69) is 19.2 Å². The molecular formula is C17H27NO2. The first-order valence-corrected chi connectivity index (χ1v) is 7.66. The van der Waals surface area contributed by atoms with Crippen molar-refractivity contribution in [1.82, 2.24) is 5.32 Å². The highest BCUT2D eigenvalue weighted by molar-refractivity contribution is 5.80. The molecule has 0 saturated carbocycles. The molecule has 2 atom stereocenters. The molecule has 112 valence electrons. The summed E-state index contributed by atoms with van der Waals surface area (Å²) in [6.45, 7) is 6.91. The van der Waals surface area contributed by atoms with E-state index in [9.17, 15) is 4.79 Å². The number of ether oxygens (including phenoxy) is 1. The summed E-state index contributed by atoms with van der Waals surface area (Å²) < 4.78 is 5.61. The topological polar surface area (TPSA) is 38.3 Å². The van der Waals surface area contributed by atoms with Gasteiger partial charge in [-0.3, -0.25) is 4.79 Å². The standard InChI is InChI=1S/C17H27NO2/c1-4-6-10-15(5-2)13-18-17(19)14(3)20-16-11-8-7-9-12-16/h7-9,11-12,14-15H,4-6,10,13H2,1-3H3,(H,18,19)/t14-,15+/m1/s1. The lowest BCUT2D eigenvalue weighted by Crippen LogP contribution is -2.38. The molecule has 0 radical (unpaired) electrons. The molecule has 0 bridgehead atoms. The Kier molecular flexibility index (Phi) is 7.78. The van der Waals surface area contributed by atoms with Crippen LogP contribution in [0.25, 0.3) is 0 Å². The number of benzene rings is 1. The molecule has 3 nitrogen and oxygen atoms in total. The molecule has 0 saturated heterocycles. The van der Waals surface area contributed by atoms with Gasteiger partial charge in [-0.25, -0.2) is 0 Å². The molecule has 0 unspecified atom stereocenters. The van der Waals surface area contributed by atoms with Crippen LogP contribution in [0.15, 0.2) is 30.3 Å². The minimum atomic E-state index is -0.457. The van der Waals surface area contributed by atoms with Crippen molar-refractivity contribution in [3.05, 3.63) is 30.3 Å². The van der Waals surface area contributed by atoms with Gasteiger partial charge in [0.2, 0.25) is 0 Å². The van der Waals surface area contributed by atoms with Gasteiger partial charge in [-0.15, -0.1) is 0 Å². The van der Waals surface area contributed by atoms with Gasteiger partial charge in [0.15, 0.2) is 6.10 Å². The number of rotatable bonds is 9. The van der Waals surface area contributed by atoms with Crippen molar-refractivity contribution >= 4 is 5.91 Å². The van der Waals surface area contributed by atoms with Gasteiger partial charge < -0.3 is 10.1 Å². The zero-order valence-electron chi connectivity index (χ0n) is 12.9. The largest absolute Gasteiger partial charge is 0.481 e. The molecule has 3 heteroatoms. The number of amides is 1. The molecule has 0 aliphatic carbocycles. The average Bonchev–Trinajstić information content (AvgIpc) is 2.48. The van der Waals surface area contributed by atoms with E-state index >= 15 is 0 Å². The fourth-order valence-corrected chi connectivity index (χ4v) is 2.09. The molecule has 0 fully saturated rings. The van der Waals surface area contributed by atoms with Crippen LogP contribution in [-0.4, -0.2) is 18.6 Å². The Balaban J connectivity index is 2.34. The second-order valence-corrected chi connectivity index (χ2v) is 5.23. The van der Waals surface area contributed by atoms with Gasteiger partial charge in [-0.2, -0.15) is 0 Å². The average molecular weight is 277 g/mol. The van der Waals surface area contributed by atoms with Crippen LogP contribution in [0.5, 0.6) is 5.75 Å². The van der Waals surface area contributed by atoms with Crippen LogP contribution in [0, 0.1) is 5.92 Å². The van der Waals surface area contributed by atoms with E-state index in [4.69, 9.17) is 4.74 Å². The fourth-order valence-electron chi connectivity index (χ4n) is 2.09. The van der Waals surface area contributed by atoms with Crippen molar-refractivity contribution < 1.29 is 9.53 Å². The summed E-state index contributed by atoms with van der Waals surface area (Å²) in [4.78, 5) is 12.0. The first kappa shape index (κ1) is 16.5. The molecule has 0 heterocycles. The van der Waals surface area contributed by atoms with E-state index in [0.717, 1.165) is 18.7 Å². The third-order valence-corrected chi connectivity index (χ3v) is 3.53. The monoisotopic (exact) mass is 277 g/mol. The van der Waals surface area contributed by atoms with E-state index in [1.54, 1.807) is 6.92 Å². The summed E-state index contributed by atoms with van der Waals surface area (Å²) in [6.07, 6.45) is 4.26. The maximum Gasteiger partial charge on any atom is 0.260 e. The number of hydrogen-bond acceptors (Lipinski definition) is 2. The molecule has 1 rings (SSSR count). The molecule has 1 N–H and O–H groups in total. The Morgan fingerprint density at radius 3 is 2.55 bits per heavy atom. The Morgan fingerprint density at radius 1 is 1.25 bits per heavy atom. The quantitative estimate of drug-likeness (QED) is 0.746. The Hall–Kier alpha value is -1.51. The number of para-hydroxylation sites is 1. The Labute approximate surface area is 122 Å². The molecule has 0 aliphatic heterocycles. The predicted octanol–water partition coefficient (Wildman–Crippen LogP) is 3.79. The highest BCUT2D eigenvalue weighted by Gasteiger charge is 2.15. The Bertz CT molecular complexity index is 378. The SMILES string of the molecule is CCCC[C@H](CC)CNC(=O)[C@@H](C)Oc1ccccc1. The molecule has 20 heavy (non-hydrogen) atoms. The maximum atomic E-state index is 12.0. The second-order valence-electron chi connectivity index (χ2n) is 5.23. The van der Waals surface area contributed by atoms with Gasteiger partial charge in [0.05, 0.1) is 0 Å². The van der Waals surface area contributed by atoms with Crippen molar-refractivity contribution in [2.24, 2.45) is 5.92 Å². The zero-order chi connectivity index (χ0) is 14.8. The van der Waals surface area contributed by atoms with E-state index in [0.29, 0.717) is 5.92 Å². The van der Waals surface area contributed by atoms with E-state index < -0.39 is 6.10 Å². The first-order valence-electron chi connectivity index (χ1n) is 7.66. The summed E-state index contributed by atoms with van der Waals surface area (Å²) in [6, 6.07) is 9.45. The molecule has 0 spiro atoms. The number of nitrogens with one attached hydrogen (secondary N) is 1. The summed E-state index contributed by atoms with van der Waals surface area (Å²) in [5.41, 5.74) is 0. The van der Waals surface area contributed by atoms with E-state index in [1.165, 1.54) is 19.3 Å². The van der Waals surface area contributed by atoms with Gasteiger partial charge in [0, 0.05) is 6.54 Å². The molecular weight excluding hydrogens is 250 g/mol. The minimum Gasteiger partial charge on any atom is -0.481 e. The molecule has 1 aromatic carbocycles. The lowest BCUT2D eigenvalue weighted by molar-refractivity contribution is -0.127. The zero-order valence-corrected chi connectivity index (χ0v) is 12.9. The summed E-state index contributed by atoms with van der Waals surface area (Å²) in [5, 5.41) is 3.00. The van der Waals surface area contributed by atoms with E-state index in [1.807, 2.05) is 30.3 Å². The van der Waals surface area contributed by atoms with Gasteiger partial charge in [0.1, 0.15) is 5.75 Å². The highest BCUT2D eigenvalue weighted by atomic mass is 16.5. The van der Waals surface area contributed by atoms with Crippen LogP contribution >= 0.6 is 0 Å². The second kappa shape index (κ2) is 9.40. The molecule has 1 aromatic rings.